The topological polar surface area (TPSA) is 50.7 Å². The van der Waals surface area contributed by atoms with E-state index in [-0.39, 0.29) is 0 Å². The zero-order valence-electron chi connectivity index (χ0n) is 10.9. The van der Waals surface area contributed by atoms with Crippen molar-refractivity contribution < 1.29 is 0 Å². The van der Waals surface area contributed by atoms with E-state index in [0.29, 0.717) is 17.9 Å². The maximum Gasteiger partial charge on any atom is 0.243 e. The zero-order valence-corrected chi connectivity index (χ0v) is 10.9. The Morgan fingerprint density at radius 1 is 1.06 bits per heavy atom. The standard InChI is InChI=1S/C12H22N4/c1-6-11(7-2)10(5)14-12-13-8(3)9(4)15-16-12/h10-11H,6-7H2,1-5H3,(H,13,14,16). The second-order valence-corrected chi connectivity index (χ2v) is 4.32. The minimum absolute atomic E-state index is 0.388. The van der Waals surface area contributed by atoms with Crippen molar-refractivity contribution in [1.82, 2.24) is 15.2 Å². The van der Waals surface area contributed by atoms with Crippen LogP contribution in [0.15, 0.2) is 0 Å². The first-order chi connectivity index (χ1) is 7.58. The predicted octanol–water partition coefficient (Wildman–Crippen LogP) is 2.73. The molecule has 0 aromatic carbocycles. The van der Waals surface area contributed by atoms with Crippen LogP contribution in [0.2, 0.25) is 0 Å². The van der Waals surface area contributed by atoms with Gasteiger partial charge >= 0.3 is 0 Å². The summed E-state index contributed by atoms with van der Waals surface area (Å²) >= 11 is 0. The van der Waals surface area contributed by atoms with Gasteiger partial charge in [0.2, 0.25) is 5.95 Å². The van der Waals surface area contributed by atoms with E-state index in [9.17, 15) is 0 Å². The van der Waals surface area contributed by atoms with Crippen LogP contribution in [0.5, 0.6) is 0 Å². The monoisotopic (exact) mass is 222 g/mol. The molecule has 1 aromatic heterocycles. The largest absolute Gasteiger partial charge is 0.350 e. The number of aryl methyl sites for hydroxylation is 2. The van der Waals surface area contributed by atoms with Gasteiger partial charge in [-0.1, -0.05) is 26.7 Å². The lowest BCUT2D eigenvalue weighted by Gasteiger charge is -2.22. The summed E-state index contributed by atoms with van der Waals surface area (Å²) < 4.78 is 0. The molecule has 1 atom stereocenters. The number of hydrogen-bond donors (Lipinski definition) is 1. The molecule has 0 aliphatic carbocycles. The van der Waals surface area contributed by atoms with Crippen LogP contribution in [0.4, 0.5) is 5.95 Å². The highest BCUT2D eigenvalue weighted by molar-refractivity contribution is 5.26. The third-order valence-electron chi connectivity index (χ3n) is 3.20. The number of rotatable bonds is 5. The van der Waals surface area contributed by atoms with E-state index in [2.05, 4.69) is 41.3 Å². The smallest absolute Gasteiger partial charge is 0.243 e. The minimum atomic E-state index is 0.388. The van der Waals surface area contributed by atoms with Gasteiger partial charge in [-0.3, -0.25) is 0 Å². The van der Waals surface area contributed by atoms with Gasteiger partial charge in [-0.15, -0.1) is 5.10 Å². The Labute approximate surface area is 97.9 Å². The summed E-state index contributed by atoms with van der Waals surface area (Å²) in [5, 5.41) is 11.5. The van der Waals surface area contributed by atoms with E-state index < -0.39 is 0 Å². The van der Waals surface area contributed by atoms with E-state index in [1.165, 1.54) is 12.8 Å². The molecule has 0 aliphatic heterocycles. The predicted molar refractivity (Wildman–Crippen MR) is 66.5 cm³/mol. The van der Waals surface area contributed by atoms with E-state index in [1.807, 2.05) is 13.8 Å². The molecule has 0 bridgehead atoms. The summed E-state index contributed by atoms with van der Waals surface area (Å²) in [5.74, 6) is 1.30. The lowest BCUT2D eigenvalue weighted by molar-refractivity contribution is 0.435. The van der Waals surface area contributed by atoms with Crippen molar-refractivity contribution in [2.45, 2.75) is 53.5 Å². The van der Waals surface area contributed by atoms with Gasteiger partial charge < -0.3 is 5.32 Å². The molecule has 90 valence electrons. The van der Waals surface area contributed by atoms with E-state index >= 15 is 0 Å². The lowest BCUT2D eigenvalue weighted by atomic mass is 9.96. The van der Waals surface area contributed by atoms with Gasteiger partial charge in [-0.05, 0) is 26.7 Å². The van der Waals surface area contributed by atoms with Crippen molar-refractivity contribution in [3.63, 3.8) is 0 Å². The van der Waals surface area contributed by atoms with Crippen molar-refractivity contribution in [1.29, 1.82) is 0 Å². The second-order valence-electron chi connectivity index (χ2n) is 4.32. The van der Waals surface area contributed by atoms with Crippen molar-refractivity contribution in [3.8, 4) is 0 Å². The first kappa shape index (κ1) is 12.9. The summed E-state index contributed by atoms with van der Waals surface area (Å²) in [6.07, 6.45) is 2.34. The maximum atomic E-state index is 4.38. The highest BCUT2D eigenvalue weighted by Crippen LogP contribution is 2.15. The van der Waals surface area contributed by atoms with E-state index in [0.717, 1.165) is 11.4 Å². The first-order valence-electron chi connectivity index (χ1n) is 6.02. The minimum Gasteiger partial charge on any atom is -0.350 e. The molecule has 0 saturated carbocycles. The van der Waals surface area contributed by atoms with E-state index in [1.54, 1.807) is 0 Å². The molecular weight excluding hydrogens is 200 g/mol. The molecule has 4 nitrogen and oxygen atoms in total. The van der Waals surface area contributed by atoms with Crippen LogP contribution in [-0.2, 0) is 0 Å². The summed E-state index contributed by atoms with van der Waals surface area (Å²) in [6.45, 7) is 10.5. The molecule has 1 heterocycles. The molecule has 16 heavy (non-hydrogen) atoms. The number of anilines is 1. The number of nitrogens with zero attached hydrogens (tertiary/aromatic N) is 3. The molecule has 1 N–H and O–H groups in total. The molecule has 0 amide bonds. The number of hydrogen-bond acceptors (Lipinski definition) is 4. The Morgan fingerprint density at radius 3 is 2.19 bits per heavy atom. The molecule has 0 saturated heterocycles. The highest BCUT2D eigenvalue weighted by atomic mass is 15.2. The average Bonchev–Trinajstić information content (AvgIpc) is 2.25. The Bertz CT molecular complexity index is 334. The van der Waals surface area contributed by atoms with Gasteiger partial charge in [0.25, 0.3) is 0 Å². The van der Waals surface area contributed by atoms with Crippen LogP contribution >= 0.6 is 0 Å². The number of aromatic nitrogens is 3. The maximum absolute atomic E-state index is 4.38. The summed E-state index contributed by atoms with van der Waals surface area (Å²) in [4.78, 5) is 4.38. The normalized spacial score (nSPS) is 12.9. The quantitative estimate of drug-likeness (QED) is 0.832. The van der Waals surface area contributed by atoms with Crippen molar-refractivity contribution in [2.24, 2.45) is 5.92 Å². The molecule has 4 heteroatoms. The van der Waals surface area contributed by atoms with Crippen molar-refractivity contribution in [3.05, 3.63) is 11.4 Å². The van der Waals surface area contributed by atoms with Crippen LogP contribution < -0.4 is 5.32 Å². The van der Waals surface area contributed by atoms with Gasteiger partial charge in [-0.2, -0.15) is 5.10 Å². The third-order valence-corrected chi connectivity index (χ3v) is 3.20. The van der Waals surface area contributed by atoms with Crippen molar-refractivity contribution in [2.75, 3.05) is 5.32 Å². The van der Waals surface area contributed by atoms with Gasteiger partial charge in [-0.25, -0.2) is 4.98 Å². The summed E-state index contributed by atoms with van der Waals surface area (Å²) in [5.41, 5.74) is 1.83. The third kappa shape index (κ3) is 3.15. The fraction of sp³-hybridized carbons (Fsp3) is 0.750. The Balaban J connectivity index is 2.69. The van der Waals surface area contributed by atoms with Gasteiger partial charge in [0, 0.05) is 6.04 Å². The lowest BCUT2D eigenvalue weighted by Crippen LogP contribution is -2.26. The number of nitrogens with one attached hydrogen (secondary N) is 1. The summed E-state index contributed by atoms with van der Waals surface area (Å²) in [7, 11) is 0. The van der Waals surface area contributed by atoms with Gasteiger partial charge in [0.1, 0.15) is 0 Å². The summed E-state index contributed by atoms with van der Waals surface area (Å²) in [6, 6.07) is 0.388. The Morgan fingerprint density at radius 2 is 1.69 bits per heavy atom. The van der Waals surface area contributed by atoms with Gasteiger partial charge in [0.05, 0.1) is 11.4 Å². The SMILES string of the molecule is CCC(CC)C(C)Nc1nnc(C)c(C)n1. The fourth-order valence-electron chi connectivity index (χ4n) is 1.84. The average molecular weight is 222 g/mol. The van der Waals surface area contributed by atoms with Crippen LogP contribution in [0.3, 0.4) is 0 Å². The molecule has 1 aromatic rings. The zero-order chi connectivity index (χ0) is 12.1. The fourth-order valence-corrected chi connectivity index (χ4v) is 1.84. The Hall–Kier alpha value is -1.19. The molecule has 0 fully saturated rings. The second kappa shape index (κ2) is 5.77. The molecule has 0 radical (unpaired) electrons. The van der Waals surface area contributed by atoms with Crippen LogP contribution in [0, 0.1) is 19.8 Å². The Kier molecular flexibility index (Phi) is 4.65. The van der Waals surface area contributed by atoms with Crippen LogP contribution in [0.25, 0.3) is 0 Å². The highest BCUT2D eigenvalue weighted by Gasteiger charge is 2.14. The molecule has 1 rings (SSSR count). The van der Waals surface area contributed by atoms with Gasteiger partial charge in [0.15, 0.2) is 0 Å². The van der Waals surface area contributed by atoms with E-state index in [4.69, 9.17) is 0 Å². The van der Waals surface area contributed by atoms with Crippen molar-refractivity contribution >= 4 is 5.95 Å². The molecular formula is C12H22N4. The van der Waals surface area contributed by atoms with Crippen LogP contribution in [-0.4, -0.2) is 21.2 Å². The first-order valence-corrected chi connectivity index (χ1v) is 6.02. The molecule has 1 unspecified atom stereocenters. The molecule has 0 spiro atoms. The van der Waals surface area contributed by atoms with Crippen LogP contribution in [0.1, 0.15) is 45.0 Å². The molecule has 0 aliphatic rings.